The summed E-state index contributed by atoms with van der Waals surface area (Å²) in [4.78, 5) is 198. The number of carboxylic acid groups (broad SMARTS) is 7. The summed E-state index contributed by atoms with van der Waals surface area (Å²) < 4.78 is 0. The third-order valence-corrected chi connectivity index (χ3v) is 12.6. The maximum atomic E-state index is 13.8. The molecule has 0 bridgehead atoms. The molecule has 33 nitrogen and oxygen atoms in total. The van der Waals surface area contributed by atoms with E-state index in [-0.39, 0.29) is 133 Å². The molecule has 0 saturated carbocycles. The number of hydrogen-bond acceptors (Lipinski definition) is 20. The van der Waals surface area contributed by atoms with Gasteiger partial charge >= 0.3 is 47.8 Å². The molecular formula is C49H68N10O23. The molecule has 452 valence electrons. The zero-order valence-corrected chi connectivity index (χ0v) is 44.5. The number of carbonyl (C=O) groups excluding carboxylic acids is 8. The summed E-state index contributed by atoms with van der Waals surface area (Å²) in [7, 11) is 0. The van der Waals surface area contributed by atoms with Gasteiger partial charge in [-0.3, -0.25) is 81.9 Å². The topological polar surface area (TPSA) is 483 Å². The second-order valence-electron chi connectivity index (χ2n) is 19.0. The molecule has 0 aromatic heterocycles. The van der Waals surface area contributed by atoms with E-state index in [9.17, 15) is 108 Å². The largest absolute Gasteiger partial charge is 0.481 e. The number of carbonyl (C=O) groups is 15. The summed E-state index contributed by atoms with van der Waals surface area (Å²) in [5.41, 5.74) is -0.639. The summed E-state index contributed by atoms with van der Waals surface area (Å²) in [5, 5.41) is 78.5. The highest BCUT2D eigenvalue weighted by Crippen LogP contribution is 2.16. The highest BCUT2D eigenvalue weighted by Gasteiger charge is 2.35. The molecule has 12 N–H and O–H groups in total. The van der Waals surface area contributed by atoms with E-state index in [4.69, 9.17) is 4.84 Å². The van der Waals surface area contributed by atoms with Crippen LogP contribution in [0, 0.1) is 0 Å². The number of benzene rings is 1. The van der Waals surface area contributed by atoms with Crippen molar-refractivity contribution in [1.29, 1.82) is 0 Å². The van der Waals surface area contributed by atoms with Crippen molar-refractivity contribution in [3.63, 3.8) is 0 Å². The zero-order chi connectivity index (χ0) is 61.1. The van der Waals surface area contributed by atoms with Crippen LogP contribution in [0.1, 0.15) is 91.3 Å². The number of imide groups is 1. The number of nitrogens with zero attached hydrogens (tertiary/aromatic N) is 5. The number of rotatable bonds is 33. The smallest absolute Gasteiger partial charge is 0.363 e. The minimum atomic E-state index is -1.86. The fourth-order valence-electron chi connectivity index (χ4n) is 8.25. The number of aliphatic carboxylic acids is 7. The molecule has 4 atom stereocenters. The Morgan fingerprint density at radius 2 is 0.841 bits per heavy atom. The number of unbranched alkanes of at least 4 members (excludes halogenated alkanes) is 1. The van der Waals surface area contributed by atoms with Gasteiger partial charge in [-0.25, -0.2) is 9.59 Å². The van der Waals surface area contributed by atoms with E-state index < -0.39 is 152 Å². The van der Waals surface area contributed by atoms with Crippen molar-refractivity contribution in [2.75, 3.05) is 85.1 Å². The Kier molecular flexibility index (Phi) is 28.4. The van der Waals surface area contributed by atoms with Crippen molar-refractivity contribution in [2.24, 2.45) is 0 Å². The molecule has 82 heavy (non-hydrogen) atoms. The lowest BCUT2D eigenvalue weighted by molar-refractivity contribution is -0.172. The van der Waals surface area contributed by atoms with Gasteiger partial charge in [-0.1, -0.05) is 6.07 Å². The van der Waals surface area contributed by atoms with Crippen LogP contribution in [0.25, 0.3) is 0 Å². The first-order valence-corrected chi connectivity index (χ1v) is 25.8. The third kappa shape index (κ3) is 25.6. The summed E-state index contributed by atoms with van der Waals surface area (Å²) in [6, 6.07) is -2.60. The number of nitrogens with one attached hydrogen (secondary N) is 5. The molecule has 2 saturated heterocycles. The van der Waals surface area contributed by atoms with Gasteiger partial charge in [0.25, 0.3) is 17.7 Å². The van der Waals surface area contributed by atoms with E-state index in [2.05, 4.69) is 26.6 Å². The Morgan fingerprint density at radius 1 is 0.463 bits per heavy atom. The van der Waals surface area contributed by atoms with Gasteiger partial charge in [0.2, 0.25) is 23.6 Å². The van der Waals surface area contributed by atoms with Crippen LogP contribution in [0.15, 0.2) is 24.3 Å². The minimum Gasteiger partial charge on any atom is -0.481 e. The Bertz CT molecular complexity index is 2480. The number of amides is 7. The van der Waals surface area contributed by atoms with Crippen molar-refractivity contribution < 1.29 is 113 Å². The average Bonchev–Trinajstić information content (AvgIpc) is 3.71. The van der Waals surface area contributed by atoms with Gasteiger partial charge in [-0.2, -0.15) is 0 Å². The first kappa shape index (κ1) is 67.6. The molecule has 2 heterocycles. The van der Waals surface area contributed by atoms with E-state index in [1.807, 2.05) is 0 Å². The quantitative estimate of drug-likeness (QED) is 0.0235. The maximum absolute atomic E-state index is 13.8. The van der Waals surface area contributed by atoms with Gasteiger partial charge in [0, 0.05) is 96.6 Å². The fraction of sp³-hybridized carbons (Fsp3) is 0.571. The number of hydroxylamine groups is 2. The predicted octanol–water partition coefficient (Wildman–Crippen LogP) is -4.10. The zero-order valence-electron chi connectivity index (χ0n) is 44.5. The second kappa shape index (κ2) is 34.5. The van der Waals surface area contributed by atoms with Gasteiger partial charge in [-0.15, -0.1) is 5.06 Å². The molecule has 0 spiro atoms. The molecule has 1 aromatic rings. The number of hydrogen-bond donors (Lipinski definition) is 12. The Balaban J connectivity index is 1.68. The van der Waals surface area contributed by atoms with Gasteiger partial charge in [-0.05, 0) is 56.7 Å². The van der Waals surface area contributed by atoms with Gasteiger partial charge < -0.3 is 67.2 Å². The number of carboxylic acids is 7. The van der Waals surface area contributed by atoms with Crippen LogP contribution < -0.4 is 26.6 Å². The minimum absolute atomic E-state index is 0.000929. The Hall–Kier alpha value is -8.69. The average molecular weight is 1170 g/mol. The van der Waals surface area contributed by atoms with Crippen LogP contribution in [0.5, 0.6) is 0 Å². The second-order valence-corrected chi connectivity index (χ2v) is 19.0. The molecule has 2 aliphatic heterocycles. The molecule has 33 heteroatoms. The molecule has 7 amide bonds. The molecule has 2 fully saturated rings. The summed E-state index contributed by atoms with van der Waals surface area (Å²) in [6.45, 7) is -0.00245. The molecule has 2 aliphatic rings. The van der Waals surface area contributed by atoms with Gasteiger partial charge in [0.15, 0.2) is 0 Å². The highest BCUT2D eigenvalue weighted by molar-refractivity contribution is 6.04. The molecule has 0 radical (unpaired) electrons. The van der Waals surface area contributed by atoms with E-state index in [0.29, 0.717) is 0 Å². The summed E-state index contributed by atoms with van der Waals surface area (Å²) >= 11 is 0. The van der Waals surface area contributed by atoms with Crippen LogP contribution in [0.2, 0.25) is 0 Å². The first-order valence-electron chi connectivity index (χ1n) is 25.8. The molecule has 0 aliphatic carbocycles. The van der Waals surface area contributed by atoms with Gasteiger partial charge in [0.05, 0.1) is 31.7 Å². The standard InChI is InChI=1S/C49H68N10O23/c60-35(25-55-16-18-56(26-41(69)70)20-22-58(28-43(73)74)23-21-57(19-17-55)27-42(71)72)50-15-2-1-6-34(48(79)80)54-47(78)33(9-14-40(67)68)53-46(77)32(8-13-39(65)66)52-45(76)31(7-12-38(63)64)51-44(75)29-4-3-5-30(24-29)49(81)82-59-36(61)10-11-37(59)62/h3-5,24,31-34H,1-2,6-23,25-28H2,(H,50,60)(H,51,75)(H,52,76)(H,53,77)(H,54,78)(H,63,64)(H,65,66)(H,67,68)(H,69,70)(H,71,72)(H,73,74)(H,79,80)/t31-,32-,33-,34-/m1/s1. The molecular weight excluding hydrogens is 1100 g/mol. The highest BCUT2D eigenvalue weighted by atomic mass is 16.7. The molecule has 1 aromatic carbocycles. The third-order valence-electron chi connectivity index (χ3n) is 12.6. The van der Waals surface area contributed by atoms with Crippen molar-refractivity contribution in [2.45, 2.75) is 94.8 Å². The fourth-order valence-corrected chi connectivity index (χ4v) is 8.25. The maximum Gasteiger partial charge on any atom is 0.363 e. The van der Waals surface area contributed by atoms with E-state index in [1.54, 1.807) is 19.6 Å². The lowest BCUT2D eigenvalue weighted by Gasteiger charge is -2.32. The normalized spacial score (nSPS) is 16.4. The van der Waals surface area contributed by atoms with E-state index in [0.717, 1.165) is 6.07 Å². The summed E-state index contributed by atoms with van der Waals surface area (Å²) in [5.74, 6) is -17.4. The SMILES string of the molecule is O=C(O)CC[C@@H](NC(=O)c1cccc(C(=O)ON2C(=O)CCC2=O)c1)C(=O)N[C@H](CCC(=O)O)C(=O)N[C@H](CCC(=O)O)C(=O)N[C@H](CCCCNC(=O)CN1CCN(CC(=O)O)CCN(CC(=O)O)CCN(CC(=O)O)CC1)C(=O)O. The van der Waals surface area contributed by atoms with Crippen molar-refractivity contribution in [3.05, 3.63) is 35.4 Å². The lowest BCUT2D eigenvalue weighted by atomic mass is 10.0. The van der Waals surface area contributed by atoms with E-state index in [1.165, 1.54) is 18.2 Å². The Morgan fingerprint density at radius 3 is 1.23 bits per heavy atom. The van der Waals surface area contributed by atoms with Crippen LogP contribution in [-0.2, 0) is 67.2 Å². The molecule has 0 unspecified atom stereocenters. The first-order chi connectivity index (χ1) is 38.7. The lowest BCUT2D eigenvalue weighted by Crippen LogP contribution is -2.58. The van der Waals surface area contributed by atoms with Crippen LogP contribution in [0.3, 0.4) is 0 Å². The van der Waals surface area contributed by atoms with Crippen molar-refractivity contribution in [3.8, 4) is 0 Å². The van der Waals surface area contributed by atoms with Crippen molar-refractivity contribution in [1.82, 2.24) is 51.2 Å². The Labute approximate surface area is 467 Å². The van der Waals surface area contributed by atoms with Crippen molar-refractivity contribution >= 4 is 89.1 Å². The van der Waals surface area contributed by atoms with Gasteiger partial charge in [0.1, 0.15) is 24.2 Å². The molecule has 3 rings (SSSR count). The monoisotopic (exact) mass is 1160 g/mol. The van der Waals surface area contributed by atoms with Crippen LogP contribution in [0.4, 0.5) is 0 Å². The van der Waals surface area contributed by atoms with Crippen LogP contribution >= 0.6 is 0 Å². The summed E-state index contributed by atoms with van der Waals surface area (Å²) in [6.07, 6.45) is -4.74. The predicted molar refractivity (Wildman–Crippen MR) is 274 cm³/mol. The van der Waals surface area contributed by atoms with E-state index >= 15 is 0 Å². The van der Waals surface area contributed by atoms with Crippen LogP contribution in [-0.4, -0.2) is 259 Å².